The Bertz CT molecular complexity index is 329. The van der Waals surface area contributed by atoms with Gasteiger partial charge in [-0.2, -0.15) is 0 Å². The molecule has 0 heterocycles. The Balaban J connectivity index is 2.45. The molecule has 0 fully saturated rings. The van der Waals surface area contributed by atoms with Gasteiger partial charge in [0, 0.05) is 0 Å². The first-order valence-corrected chi connectivity index (χ1v) is 4.02. The molecular formula is C10H10O2. The predicted molar refractivity (Wildman–Crippen MR) is 45.2 cm³/mol. The highest BCUT2D eigenvalue weighted by Gasteiger charge is 2.20. The Morgan fingerprint density at radius 1 is 1.42 bits per heavy atom. The van der Waals surface area contributed by atoms with Crippen molar-refractivity contribution in [3.05, 3.63) is 34.9 Å². The quantitative estimate of drug-likeness (QED) is 0.586. The Kier molecular flexibility index (Phi) is 1.61. The van der Waals surface area contributed by atoms with Gasteiger partial charge in [0.2, 0.25) is 0 Å². The van der Waals surface area contributed by atoms with Gasteiger partial charge >= 0.3 is 5.97 Å². The van der Waals surface area contributed by atoms with Crippen LogP contribution < -0.4 is 0 Å². The molecule has 0 unspecified atom stereocenters. The first-order chi connectivity index (χ1) is 5.83. The van der Waals surface area contributed by atoms with Gasteiger partial charge in [0.25, 0.3) is 0 Å². The molecule has 12 heavy (non-hydrogen) atoms. The second-order valence-electron chi connectivity index (χ2n) is 2.93. The molecule has 62 valence electrons. The van der Waals surface area contributed by atoms with Crippen molar-refractivity contribution in [3.63, 3.8) is 0 Å². The monoisotopic (exact) mass is 162 g/mol. The number of fused-ring (bicyclic) bond motifs is 1. The molecule has 1 aliphatic carbocycles. The summed E-state index contributed by atoms with van der Waals surface area (Å²) in [6.07, 6.45) is 2.11. The van der Waals surface area contributed by atoms with Crippen molar-refractivity contribution in [2.24, 2.45) is 0 Å². The van der Waals surface area contributed by atoms with Crippen LogP contribution in [-0.4, -0.2) is 13.1 Å². The van der Waals surface area contributed by atoms with E-state index in [1.807, 2.05) is 12.1 Å². The lowest BCUT2D eigenvalue weighted by atomic mass is 9.85. The van der Waals surface area contributed by atoms with Gasteiger partial charge in [-0.15, -0.1) is 0 Å². The molecule has 0 spiro atoms. The molecule has 2 rings (SSSR count). The summed E-state index contributed by atoms with van der Waals surface area (Å²) in [5.74, 6) is -0.216. The van der Waals surface area contributed by atoms with Crippen molar-refractivity contribution in [2.75, 3.05) is 7.11 Å². The molecule has 2 heteroatoms. The fourth-order valence-corrected chi connectivity index (χ4v) is 1.55. The molecular weight excluding hydrogens is 152 g/mol. The van der Waals surface area contributed by atoms with Crippen LogP contribution in [0.5, 0.6) is 0 Å². The van der Waals surface area contributed by atoms with Crippen LogP contribution in [0, 0.1) is 0 Å². The summed E-state index contributed by atoms with van der Waals surface area (Å²) in [5.41, 5.74) is 3.20. The van der Waals surface area contributed by atoms with Gasteiger partial charge < -0.3 is 4.74 Å². The number of aryl methyl sites for hydroxylation is 1. The maximum absolute atomic E-state index is 11.2. The van der Waals surface area contributed by atoms with Crippen LogP contribution in [0.2, 0.25) is 0 Å². The van der Waals surface area contributed by atoms with Gasteiger partial charge in [-0.05, 0) is 30.0 Å². The molecule has 0 N–H and O–H groups in total. The first-order valence-electron chi connectivity index (χ1n) is 4.02. The topological polar surface area (TPSA) is 26.3 Å². The van der Waals surface area contributed by atoms with Crippen molar-refractivity contribution in [3.8, 4) is 0 Å². The number of ether oxygens (including phenoxy) is 1. The van der Waals surface area contributed by atoms with E-state index in [-0.39, 0.29) is 5.97 Å². The zero-order valence-corrected chi connectivity index (χ0v) is 6.96. The van der Waals surface area contributed by atoms with Gasteiger partial charge in [-0.1, -0.05) is 12.1 Å². The number of benzene rings is 1. The second kappa shape index (κ2) is 2.63. The van der Waals surface area contributed by atoms with E-state index in [4.69, 9.17) is 0 Å². The molecule has 0 aromatic heterocycles. The lowest BCUT2D eigenvalue weighted by Crippen LogP contribution is -2.15. The zero-order valence-electron chi connectivity index (χ0n) is 6.96. The van der Waals surface area contributed by atoms with Crippen molar-refractivity contribution < 1.29 is 9.53 Å². The molecule has 0 aliphatic heterocycles. The molecule has 0 radical (unpaired) electrons. The Hall–Kier alpha value is -1.31. The van der Waals surface area contributed by atoms with Gasteiger partial charge in [-0.25, -0.2) is 4.79 Å². The maximum Gasteiger partial charge on any atom is 0.338 e. The molecule has 1 aliphatic rings. The first kappa shape index (κ1) is 7.35. The minimum Gasteiger partial charge on any atom is -0.465 e. The van der Waals surface area contributed by atoms with Crippen LogP contribution >= 0.6 is 0 Å². The van der Waals surface area contributed by atoms with E-state index in [0.29, 0.717) is 0 Å². The standard InChI is InChI=1S/C10H10O2/c1-12-10(11)9-4-2-3-7-5-6-8(7)9/h2-4H,5-6H2,1H3. The van der Waals surface area contributed by atoms with Gasteiger partial charge in [0.15, 0.2) is 0 Å². The van der Waals surface area contributed by atoms with Gasteiger partial charge in [-0.3, -0.25) is 0 Å². The van der Waals surface area contributed by atoms with Crippen molar-refractivity contribution in [2.45, 2.75) is 12.8 Å². The number of esters is 1. The third-order valence-electron chi connectivity index (χ3n) is 2.32. The normalized spacial score (nSPS) is 13.1. The minimum atomic E-state index is -0.216. The van der Waals surface area contributed by atoms with E-state index in [2.05, 4.69) is 10.8 Å². The average Bonchev–Trinajstić information content (AvgIpc) is 2.05. The van der Waals surface area contributed by atoms with Crippen LogP contribution in [0.25, 0.3) is 0 Å². The SMILES string of the molecule is COC(=O)c1cccc2c1CC2. The van der Waals surface area contributed by atoms with Gasteiger partial charge in [0.05, 0.1) is 12.7 Å². The molecule has 1 aromatic rings. The number of carbonyl (C=O) groups excluding carboxylic acids is 1. The number of hydrogen-bond acceptors (Lipinski definition) is 2. The van der Waals surface area contributed by atoms with Crippen LogP contribution in [0.3, 0.4) is 0 Å². The molecule has 0 amide bonds. The Labute approximate surface area is 71.2 Å². The van der Waals surface area contributed by atoms with Crippen molar-refractivity contribution in [1.82, 2.24) is 0 Å². The highest BCUT2D eigenvalue weighted by molar-refractivity contribution is 5.91. The summed E-state index contributed by atoms with van der Waals surface area (Å²) in [4.78, 5) is 11.2. The second-order valence-corrected chi connectivity index (χ2v) is 2.93. The molecule has 0 atom stereocenters. The van der Waals surface area contributed by atoms with Crippen molar-refractivity contribution in [1.29, 1.82) is 0 Å². The summed E-state index contributed by atoms with van der Waals surface area (Å²) in [6.45, 7) is 0. The average molecular weight is 162 g/mol. The van der Waals surface area contributed by atoms with Gasteiger partial charge in [0.1, 0.15) is 0 Å². The molecule has 0 saturated carbocycles. The number of methoxy groups -OCH3 is 1. The fraction of sp³-hybridized carbons (Fsp3) is 0.300. The van der Waals surface area contributed by atoms with Crippen LogP contribution in [0.4, 0.5) is 0 Å². The van der Waals surface area contributed by atoms with E-state index >= 15 is 0 Å². The minimum absolute atomic E-state index is 0.216. The lowest BCUT2D eigenvalue weighted by Gasteiger charge is -2.20. The van der Waals surface area contributed by atoms with Crippen LogP contribution in [-0.2, 0) is 17.6 Å². The third-order valence-corrected chi connectivity index (χ3v) is 2.32. The van der Waals surface area contributed by atoms with Crippen LogP contribution in [0.1, 0.15) is 21.5 Å². The van der Waals surface area contributed by atoms with E-state index in [1.54, 1.807) is 0 Å². The fourth-order valence-electron chi connectivity index (χ4n) is 1.55. The molecule has 1 aromatic carbocycles. The van der Waals surface area contributed by atoms with E-state index < -0.39 is 0 Å². The molecule has 0 saturated heterocycles. The van der Waals surface area contributed by atoms with E-state index in [1.165, 1.54) is 18.2 Å². The summed E-state index contributed by atoms with van der Waals surface area (Å²) < 4.78 is 4.67. The Morgan fingerprint density at radius 2 is 2.25 bits per heavy atom. The van der Waals surface area contributed by atoms with E-state index in [0.717, 1.165) is 18.4 Å². The number of hydrogen-bond donors (Lipinski definition) is 0. The highest BCUT2D eigenvalue weighted by atomic mass is 16.5. The molecule has 2 nitrogen and oxygen atoms in total. The zero-order chi connectivity index (χ0) is 8.55. The summed E-state index contributed by atoms with van der Waals surface area (Å²) >= 11 is 0. The third kappa shape index (κ3) is 0.916. The number of carbonyl (C=O) groups is 1. The highest BCUT2D eigenvalue weighted by Crippen LogP contribution is 2.26. The summed E-state index contributed by atoms with van der Waals surface area (Å²) in [5, 5.41) is 0. The lowest BCUT2D eigenvalue weighted by molar-refractivity contribution is 0.0598. The Morgan fingerprint density at radius 3 is 2.83 bits per heavy atom. The summed E-state index contributed by atoms with van der Waals surface area (Å²) in [6, 6.07) is 5.79. The van der Waals surface area contributed by atoms with Crippen molar-refractivity contribution >= 4 is 5.97 Å². The largest absolute Gasteiger partial charge is 0.465 e. The van der Waals surface area contributed by atoms with Crippen LogP contribution in [0.15, 0.2) is 18.2 Å². The predicted octanol–water partition coefficient (Wildman–Crippen LogP) is 1.57. The van der Waals surface area contributed by atoms with E-state index in [9.17, 15) is 4.79 Å². The molecule has 0 bridgehead atoms. The summed E-state index contributed by atoms with van der Waals surface area (Å²) in [7, 11) is 1.42. The maximum atomic E-state index is 11.2. The number of rotatable bonds is 1. The smallest absolute Gasteiger partial charge is 0.338 e.